The van der Waals surface area contributed by atoms with Gasteiger partial charge in [0.25, 0.3) is 0 Å². The number of nitrogens with one attached hydrogen (secondary N) is 1. The third-order valence-electron chi connectivity index (χ3n) is 2.14. The van der Waals surface area contributed by atoms with E-state index in [1.165, 1.54) is 32.1 Å². The van der Waals surface area contributed by atoms with Gasteiger partial charge >= 0.3 is 0 Å². The number of nitrogens with two attached hydrogens (primary N) is 1. The highest BCUT2D eigenvalue weighted by Crippen LogP contribution is 2.00. The summed E-state index contributed by atoms with van der Waals surface area (Å²) in [5.41, 5.74) is 5.31. The van der Waals surface area contributed by atoms with Crippen LogP contribution in [0.4, 0.5) is 0 Å². The van der Waals surface area contributed by atoms with Gasteiger partial charge in [-0.15, -0.1) is 0 Å². The molecule has 84 valence electrons. The standard InChI is InChI=1S/C10H23N3O/c1-2-3-4-5-6-8-12-9-7-10(11)13-14/h12,14H,2-9H2,1H3,(H2,11,13). The second-order valence-electron chi connectivity index (χ2n) is 3.51. The van der Waals surface area contributed by atoms with E-state index in [-0.39, 0.29) is 0 Å². The maximum Gasteiger partial charge on any atom is 0.140 e. The van der Waals surface area contributed by atoms with Crippen molar-refractivity contribution >= 4 is 5.84 Å². The van der Waals surface area contributed by atoms with Crippen molar-refractivity contribution in [2.75, 3.05) is 13.1 Å². The zero-order chi connectivity index (χ0) is 10.6. The van der Waals surface area contributed by atoms with Crippen molar-refractivity contribution in [1.29, 1.82) is 0 Å². The van der Waals surface area contributed by atoms with Gasteiger partial charge in [-0.05, 0) is 13.0 Å². The Labute approximate surface area is 86.6 Å². The first-order valence-corrected chi connectivity index (χ1v) is 5.48. The normalized spacial score (nSPS) is 11.9. The summed E-state index contributed by atoms with van der Waals surface area (Å²) >= 11 is 0. The van der Waals surface area contributed by atoms with E-state index in [1.54, 1.807) is 0 Å². The molecule has 14 heavy (non-hydrogen) atoms. The van der Waals surface area contributed by atoms with Gasteiger partial charge in [0, 0.05) is 13.0 Å². The largest absolute Gasteiger partial charge is 0.409 e. The van der Waals surface area contributed by atoms with Gasteiger partial charge in [0.1, 0.15) is 5.84 Å². The van der Waals surface area contributed by atoms with Crippen molar-refractivity contribution in [3.63, 3.8) is 0 Å². The lowest BCUT2D eigenvalue weighted by atomic mass is 10.1. The Balaban J connectivity index is 2.99. The van der Waals surface area contributed by atoms with E-state index in [0.717, 1.165) is 13.1 Å². The Hall–Kier alpha value is -0.770. The van der Waals surface area contributed by atoms with Crippen molar-refractivity contribution < 1.29 is 5.21 Å². The Morgan fingerprint density at radius 2 is 1.93 bits per heavy atom. The Morgan fingerprint density at radius 1 is 1.21 bits per heavy atom. The summed E-state index contributed by atoms with van der Waals surface area (Å²) in [5.74, 6) is 0.295. The molecule has 0 unspecified atom stereocenters. The van der Waals surface area contributed by atoms with Crippen molar-refractivity contribution in [2.45, 2.75) is 45.4 Å². The van der Waals surface area contributed by atoms with Crippen molar-refractivity contribution in [1.82, 2.24) is 5.32 Å². The molecule has 0 aromatic heterocycles. The summed E-state index contributed by atoms with van der Waals surface area (Å²) in [5, 5.41) is 14.4. The fraction of sp³-hybridized carbons (Fsp3) is 0.900. The summed E-state index contributed by atoms with van der Waals surface area (Å²) < 4.78 is 0. The Morgan fingerprint density at radius 3 is 2.57 bits per heavy atom. The molecule has 0 radical (unpaired) electrons. The van der Waals surface area contributed by atoms with Crippen LogP contribution in [0, 0.1) is 0 Å². The van der Waals surface area contributed by atoms with Gasteiger partial charge in [-0.2, -0.15) is 0 Å². The second kappa shape index (κ2) is 10.3. The monoisotopic (exact) mass is 201 g/mol. The van der Waals surface area contributed by atoms with Crippen LogP contribution in [0.2, 0.25) is 0 Å². The third-order valence-corrected chi connectivity index (χ3v) is 2.14. The Kier molecular flexibility index (Phi) is 9.74. The van der Waals surface area contributed by atoms with Crippen LogP contribution in [0.15, 0.2) is 5.16 Å². The predicted molar refractivity (Wildman–Crippen MR) is 59.7 cm³/mol. The van der Waals surface area contributed by atoms with Gasteiger partial charge in [0.15, 0.2) is 0 Å². The molecule has 4 nitrogen and oxygen atoms in total. The SMILES string of the molecule is CCCCCCCNCC/C(N)=N\O. The molecular formula is C10H23N3O. The molecule has 0 saturated heterocycles. The number of hydrogen-bond donors (Lipinski definition) is 3. The Bertz CT molecular complexity index is 148. The highest BCUT2D eigenvalue weighted by atomic mass is 16.4. The van der Waals surface area contributed by atoms with Gasteiger partial charge in [0.05, 0.1) is 0 Å². The van der Waals surface area contributed by atoms with Crippen molar-refractivity contribution in [3.05, 3.63) is 0 Å². The molecule has 0 aromatic carbocycles. The average molecular weight is 201 g/mol. The maximum absolute atomic E-state index is 8.27. The minimum Gasteiger partial charge on any atom is -0.409 e. The topological polar surface area (TPSA) is 70.6 Å². The van der Waals surface area contributed by atoms with Gasteiger partial charge < -0.3 is 16.3 Å². The number of hydrogen-bond acceptors (Lipinski definition) is 3. The molecule has 0 heterocycles. The maximum atomic E-state index is 8.27. The van der Waals surface area contributed by atoms with E-state index >= 15 is 0 Å². The van der Waals surface area contributed by atoms with Crippen LogP contribution >= 0.6 is 0 Å². The van der Waals surface area contributed by atoms with E-state index in [4.69, 9.17) is 10.9 Å². The number of nitrogens with zero attached hydrogens (tertiary/aromatic N) is 1. The third kappa shape index (κ3) is 9.32. The molecule has 0 bridgehead atoms. The first-order valence-electron chi connectivity index (χ1n) is 5.48. The highest BCUT2D eigenvalue weighted by molar-refractivity contribution is 5.79. The minimum atomic E-state index is 0.295. The van der Waals surface area contributed by atoms with Crippen LogP contribution in [0.25, 0.3) is 0 Å². The van der Waals surface area contributed by atoms with Gasteiger partial charge in [0.2, 0.25) is 0 Å². The second-order valence-corrected chi connectivity index (χ2v) is 3.51. The minimum absolute atomic E-state index is 0.295. The number of amidine groups is 1. The van der Waals surface area contributed by atoms with Crippen LogP contribution in [0.1, 0.15) is 45.4 Å². The fourth-order valence-corrected chi connectivity index (χ4v) is 1.25. The summed E-state index contributed by atoms with van der Waals surface area (Å²) in [6, 6.07) is 0. The first kappa shape index (κ1) is 13.2. The predicted octanol–water partition coefficient (Wildman–Crippen LogP) is 1.68. The molecule has 0 fully saturated rings. The van der Waals surface area contributed by atoms with E-state index < -0.39 is 0 Å². The summed E-state index contributed by atoms with van der Waals surface area (Å²) in [6.07, 6.45) is 7.09. The van der Waals surface area contributed by atoms with Crippen LogP contribution < -0.4 is 11.1 Å². The molecule has 4 heteroatoms. The quantitative estimate of drug-likeness (QED) is 0.175. The molecule has 0 rings (SSSR count). The number of unbranched alkanes of at least 4 members (excludes halogenated alkanes) is 4. The molecule has 0 aromatic rings. The molecule has 0 aliphatic carbocycles. The van der Waals surface area contributed by atoms with Crippen molar-refractivity contribution in [2.24, 2.45) is 10.9 Å². The molecule has 0 amide bonds. The average Bonchev–Trinajstić information content (AvgIpc) is 2.21. The van der Waals surface area contributed by atoms with Crippen LogP contribution in [-0.2, 0) is 0 Å². The van der Waals surface area contributed by atoms with Gasteiger partial charge in [-0.1, -0.05) is 37.8 Å². The fourth-order valence-electron chi connectivity index (χ4n) is 1.25. The summed E-state index contributed by atoms with van der Waals surface area (Å²) in [7, 11) is 0. The molecule has 0 spiro atoms. The van der Waals surface area contributed by atoms with E-state index in [2.05, 4.69) is 17.4 Å². The smallest absolute Gasteiger partial charge is 0.140 e. The van der Waals surface area contributed by atoms with E-state index in [1.807, 2.05) is 0 Å². The van der Waals surface area contributed by atoms with Crippen LogP contribution in [0.3, 0.4) is 0 Å². The molecule has 0 aliphatic heterocycles. The molecule has 0 saturated carbocycles. The van der Waals surface area contributed by atoms with Gasteiger partial charge in [-0.25, -0.2) is 0 Å². The zero-order valence-electron chi connectivity index (χ0n) is 9.13. The molecule has 0 aliphatic rings. The number of oxime groups is 1. The molecule has 4 N–H and O–H groups in total. The van der Waals surface area contributed by atoms with Crippen LogP contribution in [-0.4, -0.2) is 24.1 Å². The van der Waals surface area contributed by atoms with E-state index in [9.17, 15) is 0 Å². The first-order chi connectivity index (χ1) is 6.81. The molecule has 0 atom stereocenters. The lowest BCUT2D eigenvalue weighted by Crippen LogP contribution is -2.23. The summed E-state index contributed by atoms with van der Waals surface area (Å²) in [4.78, 5) is 0. The van der Waals surface area contributed by atoms with Gasteiger partial charge in [-0.3, -0.25) is 0 Å². The van der Waals surface area contributed by atoms with Crippen LogP contribution in [0.5, 0.6) is 0 Å². The lowest BCUT2D eigenvalue weighted by molar-refractivity contribution is 0.316. The van der Waals surface area contributed by atoms with E-state index in [0.29, 0.717) is 12.3 Å². The zero-order valence-corrected chi connectivity index (χ0v) is 9.13. The lowest BCUT2D eigenvalue weighted by Gasteiger charge is -2.03. The summed E-state index contributed by atoms with van der Waals surface area (Å²) in [6.45, 7) is 4.04. The highest BCUT2D eigenvalue weighted by Gasteiger charge is 1.92. The number of rotatable bonds is 9. The molecular weight excluding hydrogens is 178 g/mol. The van der Waals surface area contributed by atoms with Crippen molar-refractivity contribution in [3.8, 4) is 0 Å².